The van der Waals surface area contributed by atoms with Gasteiger partial charge in [-0.05, 0) is 29.7 Å². The lowest BCUT2D eigenvalue weighted by Crippen LogP contribution is -2.00. The number of hydrogen-bond donors (Lipinski definition) is 1. The fourth-order valence-electron chi connectivity index (χ4n) is 1.92. The summed E-state index contributed by atoms with van der Waals surface area (Å²) in [5, 5.41) is 11.0. The Hall–Kier alpha value is -1.85. The average molecular weight is 277 g/mol. The Morgan fingerprint density at radius 1 is 1.16 bits per heavy atom. The Morgan fingerprint density at radius 3 is 2.79 bits per heavy atom. The summed E-state index contributed by atoms with van der Waals surface area (Å²) in [6.45, 7) is 0. The molecule has 3 aromatic rings. The minimum atomic E-state index is -1.07. The van der Waals surface area contributed by atoms with Crippen molar-refractivity contribution in [3.05, 3.63) is 64.8 Å². The van der Waals surface area contributed by atoms with E-state index in [9.17, 15) is 13.9 Å². The molecule has 1 unspecified atom stereocenters. The van der Waals surface area contributed by atoms with Crippen LogP contribution in [0.2, 0.25) is 0 Å². The van der Waals surface area contributed by atoms with E-state index in [1.165, 1.54) is 35.7 Å². The molecule has 5 heteroatoms. The van der Waals surface area contributed by atoms with E-state index in [0.29, 0.717) is 4.88 Å². The first kappa shape index (κ1) is 12.2. The van der Waals surface area contributed by atoms with Gasteiger partial charge in [0.05, 0.1) is 6.20 Å². The molecule has 0 spiro atoms. The van der Waals surface area contributed by atoms with E-state index in [2.05, 4.69) is 4.98 Å². The summed E-state index contributed by atoms with van der Waals surface area (Å²) < 4.78 is 27.4. The van der Waals surface area contributed by atoms with Crippen molar-refractivity contribution < 1.29 is 13.9 Å². The molecule has 1 atom stereocenters. The van der Waals surface area contributed by atoms with Crippen molar-refractivity contribution in [3.8, 4) is 0 Å². The number of aliphatic hydroxyl groups is 1. The minimum absolute atomic E-state index is 0.169. The standard InChI is InChI=1S/C14H9F2NOS/c15-9-2-1-8-5-13(19-12(8)6-9)14(18)10-3-4-17-7-11(10)16/h1-7,14,18H. The van der Waals surface area contributed by atoms with Crippen molar-refractivity contribution in [2.24, 2.45) is 0 Å². The van der Waals surface area contributed by atoms with Crippen LogP contribution in [0, 0.1) is 11.6 Å². The third-order valence-electron chi connectivity index (χ3n) is 2.87. The highest BCUT2D eigenvalue weighted by Crippen LogP contribution is 2.34. The largest absolute Gasteiger partial charge is 0.383 e. The first-order valence-electron chi connectivity index (χ1n) is 5.61. The summed E-state index contributed by atoms with van der Waals surface area (Å²) in [5.41, 5.74) is 0.169. The van der Waals surface area contributed by atoms with E-state index < -0.39 is 11.9 Å². The van der Waals surface area contributed by atoms with E-state index >= 15 is 0 Å². The van der Waals surface area contributed by atoms with Gasteiger partial charge in [-0.1, -0.05) is 6.07 Å². The van der Waals surface area contributed by atoms with Crippen molar-refractivity contribution in [2.75, 3.05) is 0 Å². The number of aromatic nitrogens is 1. The lowest BCUT2D eigenvalue weighted by atomic mass is 10.1. The molecular formula is C14H9F2NOS. The Labute approximate surface area is 112 Å². The zero-order valence-electron chi connectivity index (χ0n) is 9.68. The first-order valence-corrected chi connectivity index (χ1v) is 6.43. The second-order valence-corrected chi connectivity index (χ2v) is 5.25. The summed E-state index contributed by atoms with van der Waals surface area (Å²) in [6, 6.07) is 7.58. The van der Waals surface area contributed by atoms with Gasteiger partial charge in [0.25, 0.3) is 0 Å². The van der Waals surface area contributed by atoms with Crippen LogP contribution < -0.4 is 0 Å². The van der Waals surface area contributed by atoms with E-state index in [-0.39, 0.29) is 11.4 Å². The van der Waals surface area contributed by atoms with Crippen LogP contribution >= 0.6 is 11.3 Å². The molecule has 0 aliphatic heterocycles. The Balaban J connectivity index is 2.07. The predicted octanol–water partition coefficient (Wildman–Crippen LogP) is 3.66. The topological polar surface area (TPSA) is 33.1 Å². The monoisotopic (exact) mass is 277 g/mol. The SMILES string of the molecule is OC(c1cc2ccc(F)cc2s1)c1ccncc1F. The van der Waals surface area contributed by atoms with Crippen molar-refractivity contribution in [1.29, 1.82) is 0 Å². The molecule has 96 valence electrons. The quantitative estimate of drug-likeness (QED) is 0.775. The zero-order chi connectivity index (χ0) is 13.4. The van der Waals surface area contributed by atoms with Crippen LogP contribution in [-0.4, -0.2) is 10.1 Å². The normalized spacial score (nSPS) is 12.8. The second kappa shape index (κ2) is 4.68. The summed E-state index contributed by atoms with van der Waals surface area (Å²) in [7, 11) is 0. The van der Waals surface area contributed by atoms with Gasteiger partial charge >= 0.3 is 0 Å². The van der Waals surface area contributed by atoms with Crippen molar-refractivity contribution in [3.63, 3.8) is 0 Å². The minimum Gasteiger partial charge on any atom is -0.383 e. The molecule has 0 fully saturated rings. The number of rotatable bonds is 2. The van der Waals surface area contributed by atoms with Crippen LogP contribution in [0.5, 0.6) is 0 Å². The number of hydrogen-bond acceptors (Lipinski definition) is 3. The molecule has 19 heavy (non-hydrogen) atoms. The maximum absolute atomic E-state index is 13.6. The molecule has 1 N–H and O–H groups in total. The third-order valence-corrected chi connectivity index (χ3v) is 4.02. The highest BCUT2D eigenvalue weighted by Gasteiger charge is 2.17. The molecule has 2 aromatic heterocycles. The van der Waals surface area contributed by atoms with Gasteiger partial charge in [0, 0.05) is 21.3 Å². The Bertz CT molecular complexity index is 741. The molecule has 0 aliphatic rings. The number of fused-ring (bicyclic) bond motifs is 1. The lowest BCUT2D eigenvalue weighted by molar-refractivity contribution is 0.218. The molecule has 0 saturated carbocycles. The summed E-state index contributed by atoms with van der Waals surface area (Å²) >= 11 is 1.25. The fraction of sp³-hybridized carbons (Fsp3) is 0.0714. The van der Waals surface area contributed by atoms with Gasteiger partial charge in [0.2, 0.25) is 0 Å². The third kappa shape index (κ3) is 2.22. The van der Waals surface area contributed by atoms with Crippen molar-refractivity contribution >= 4 is 21.4 Å². The van der Waals surface area contributed by atoms with Gasteiger partial charge in [-0.2, -0.15) is 0 Å². The van der Waals surface area contributed by atoms with E-state index in [4.69, 9.17) is 0 Å². The predicted molar refractivity (Wildman–Crippen MR) is 70.0 cm³/mol. The molecule has 3 rings (SSSR count). The summed E-state index contributed by atoms with van der Waals surface area (Å²) in [6.07, 6.45) is 1.42. The van der Waals surface area contributed by atoms with Gasteiger partial charge in [-0.3, -0.25) is 4.98 Å². The number of halogens is 2. The van der Waals surface area contributed by atoms with Crippen LogP contribution in [0.1, 0.15) is 16.5 Å². The van der Waals surface area contributed by atoms with Gasteiger partial charge in [0.1, 0.15) is 17.7 Å². The molecule has 0 amide bonds. The van der Waals surface area contributed by atoms with Crippen LogP contribution in [0.4, 0.5) is 8.78 Å². The summed E-state index contributed by atoms with van der Waals surface area (Å²) in [5.74, 6) is -0.885. The molecule has 0 aliphatic carbocycles. The number of thiophene rings is 1. The van der Waals surface area contributed by atoms with Gasteiger partial charge in [0.15, 0.2) is 0 Å². The van der Waals surface area contributed by atoms with Crippen molar-refractivity contribution in [2.45, 2.75) is 6.10 Å². The fourth-order valence-corrected chi connectivity index (χ4v) is 3.02. The zero-order valence-corrected chi connectivity index (χ0v) is 10.5. The number of aliphatic hydroxyl groups excluding tert-OH is 1. The second-order valence-electron chi connectivity index (χ2n) is 4.13. The maximum Gasteiger partial charge on any atom is 0.147 e. The molecule has 0 saturated heterocycles. The van der Waals surface area contributed by atoms with Gasteiger partial charge in [-0.25, -0.2) is 8.78 Å². The van der Waals surface area contributed by atoms with E-state index in [1.807, 2.05) is 0 Å². The molecule has 2 heterocycles. The maximum atomic E-state index is 13.6. The first-order chi connectivity index (χ1) is 9.15. The summed E-state index contributed by atoms with van der Waals surface area (Å²) in [4.78, 5) is 4.22. The van der Waals surface area contributed by atoms with Crippen LogP contribution in [0.15, 0.2) is 42.7 Å². The van der Waals surface area contributed by atoms with E-state index in [0.717, 1.165) is 16.3 Å². The van der Waals surface area contributed by atoms with Crippen LogP contribution in [0.25, 0.3) is 10.1 Å². The average Bonchev–Trinajstić information content (AvgIpc) is 2.81. The molecule has 2 nitrogen and oxygen atoms in total. The van der Waals surface area contributed by atoms with Crippen molar-refractivity contribution in [1.82, 2.24) is 4.98 Å². The molecule has 1 aromatic carbocycles. The molecule has 0 bridgehead atoms. The van der Waals surface area contributed by atoms with Gasteiger partial charge < -0.3 is 5.11 Å². The number of pyridine rings is 1. The van der Waals surface area contributed by atoms with Gasteiger partial charge in [-0.15, -0.1) is 11.3 Å². The van der Waals surface area contributed by atoms with E-state index in [1.54, 1.807) is 12.1 Å². The highest BCUT2D eigenvalue weighted by molar-refractivity contribution is 7.19. The lowest BCUT2D eigenvalue weighted by Gasteiger charge is -2.08. The highest BCUT2D eigenvalue weighted by atomic mass is 32.1. The number of nitrogens with zero attached hydrogens (tertiary/aromatic N) is 1. The smallest absolute Gasteiger partial charge is 0.147 e. The van der Waals surface area contributed by atoms with Crippen LogP contribution in [0.3, 0.4) is 0 Å². The molecular weight excluding hydrogens is 268 g/mol. The Morgan fingerprint density at radius 2 is 2.00 bits per heavy atom. The molecule has 0 radical (unpaired) electrons. The van der Waals surface area contributed by atoms with Crippen LogP contribution in [-0.2, 0) is 0 Å². The number of benzene rings is 1. The Kier molecular flexibility index (Phi) is 3.00.